The van der Waals surface area contributed by atoms with Gasteiger partial charge in [-0.3, -0.25) is 0 Å². The molecule has 0 saturated heterocycles. The number of nitrogens with one attached hydrogen (secondary N) is 1. The molecule has 0 aromatic carbocycles. The Labute approximate surface area is 121 Å². The van der Waals surface area contributed by atoms with Gasteiger partial charge in [0.1, 0.15) is 17.0 Å². The van der Waals surface area contributed by atoms with Gasteiger partial charge < -0.3 is 9.84 Å². The maximum absolute atomic E-state index is 5.24. The van der Waals surface area contributed by atoms with Crippen LogP contribution in [0.4, 0.5) is 5.82 Å². The van der Waals surface area contributed by atoms with Crippen molar-refractivity contribution in [1.29, 1.82) is 0 Å². The minimum absolute atomic E-state index is 0.238. The van der Waals surface area contributed by atoms with E-state index in [0.717, 1.165) is 23.3 Å². The van der Waals surface area contributed by atoms with Crippen molar-refractivity contribution in [3.8, 4) is 0 Å². The van der Waals surface area contributed by atoms with E-state index >= 15 is 0 Å². The zero-order valence-corrected chi connectivity index (χ0v) is 12.5. The highest BCUT2D eigenvalue weighted by molar-refractivity contribution is 7.10. The van der Waals surface area contributed by atoms with Crippen LogP contribution in [-0.2, 0) is 0 Å². The average Bonchev–Trinajstić information content (AvgIpc) is 3.06. The molecule has 104 valence electrons. The summed E-state index contributed by atoms with van der Waals surface area (Å²) in [7, 11) is 0. The molecule has 0 spiro atoms. The van der Waals surface area contributed by atoms with Gasteiger partial charge in [0, 0.05) is 4.88 Å². The lowest BCUT2D eigenvalue weighted by molar-refractivity contribution is 0.442. The number of rotatable bonds is 4. The zero-order valence-electron chi connectivity index (χ0n) is 11.7. The fourth-order valence-electron chi connectivity index (χ4n) is 2.23. The summed E-state index contributed by atoms with van der Waals surface area (Å²) in [6.45, 7) is 5.92. The Morgan fingerprint density at radius 2 is 2.20 bits per heavy atom. The molecule has 3 aromatic rings. The highest BCUT2D eigenvalue weighted by atomic mass is 32.1. The summed E-state index contributed by atoms with van der Waals surface area (Å²) in [4.78, 5) is 10.1. The molecule has 0 amide bonds. The lowest BCUT2D eigenvalue weighted by Crippen LogP contribution is -2.10. The summed E-state index contributed by atoms with van der Waals surface area (Å²) < 4.78 is 5.24. The minimum atomic E-state index is 0.238. The van der Waals surface area contributed by atoms with E-state index in [1.54, 1.807) is 11.3 Å². The summed E-state index contributed by atoms with van der Waals surface area (Å²) in [5.41, 5.74) is 1.35. The molecule has 3 rings (SSSR count). The van der Waals surface area contributed by atoms with Gasteiger partial charge in [0.25, 0.3) is 5.71 Å². The van der Waals surface area contributed by atoms with Gasteiger partial charge in [-0.2, -0.15) is 4.98 Å². The Morgan fingerprint density at radius 1 is 1.35 bits per heavy atom. The summed E-state index contributed by atoms with van der Waals surface area (Å²) in [5, 5.41) is 10.4. The molecule has 0 unspecified atom stereocenters. The van der Waals surface area contributed by atoms with E-state index in [4.69, 9.17) is 4.52 Å². The normalized spacial score (nSPS) is 12.8. The molecule has 0 radical (unpaired) electrons. The van der Waals surface area contributed by atoms with E-state index in [-0.39, 0.29) is 6.04 Å². The van der Waals surface area contributed by atoms with Crippen LogP contribution in [0, 0.1) is 13.8 Å². The van der Waals surface area contributed by atoms with Gasteiger partial charge in [0.2, 0.25) is 0 Å². The molecule has 0 bridgehead atoms. The number of fused-ring (bicyclic) bond motifs is 1. The lowest BCUT2D eigenvalue weighted by atomic mass is 10.2. The van der Waals surface area contributed by atoms with Gasteiger partial charge in [-0.15, -0.1) is 11.3 Å². The third kappa shape index (κ3) is 2.27. The Morgan fingerprint density at radius 3 is 2.90 bits per heavy atom. The van der Waals surface area contributed by atoms with Crippen LogP contribution < -0.4 is 5.32 Å². The molecule has 20 heavy (non-hydrogen) atoms. The van der Waals surface area contributed by atoms with Crippen LogP contribution in [0.2, 0.25) is 0 Å². The predicted molar refractivity (Wildman–Crippen MR) is 80.0 cm³/mol. The molecule has 6 heteroatoms. The predicted octanol–water partition coefficient (Wildman–Crippen LogP) is 3.86. The average molecular weight is 288 g/mol. The van der Waals surface area contributed by atoms with Crippen molar-refractivity contribution in [2.24, 2.45) is 0 Å². The number of aromatic nitrogens is 3. The van der Waals surface area contributed by atoms with E-state index in [1.807, 2.05) is 13.8 Å². The molecule has 0 fully saturated rings. The molecule has 5 nitrogen and oxygen atoms in total. The van der Waals surface area contributed by atoms with Crippen molar-refractivity contribution in [3.63, 3.8) is 0 Å². The van der Waals surface area contributed by atoms with Crippen molar-refractivity contribution in [3.05, 3.63) is 33.9 Å². The quantitative estimate of drug-likeness (QED) is 0.789. The number of aryl methyl sites for hydroxylation is 2. The Kier molecular flexibility index (Phi) is 3.40. The van der Waals surface area contributed by atoms with Gasteiger partial charge in [-0.1, -0.05) is 18.1 Å². The third-order valence-corrected chi connectivity index (χ3v) is 4.21. The maximum atomic E-state index is 5.24. The van der Waals surface area contributed by atoms with Gasteiger partial charge >= 0.3 is 0 Å². The summed E-state index contributed by atoms with van der Waals surface area (Å²) >= 11 is 1.75. The SMILES string of the molecule is CC[C@H](Nc1nc(C)nc2onc(C)c12)c1cccs1. The first-order chi connectivity index (χ1) is 9.69. The van der Waals surface area contributed by atoms with Crippen LogP contribution in [0.3, 0.4) is 0 Å². The smallest absolute Gasteiger partial charge is 0.263 e. The Balaban J connectivity index is 2.03. The largest absolute Gasteiger partial charge is 0.362 e. The standard InChI is InChI=1S/C14H16N4OS/c1-4-10(11-6-5-7-20-11)17-13-12-8(2)18-19-14(12)16-9(3)15-13/h5-7,10H,4H2,1-3H3,(H,15,16,17)/t10-/m0/s1. The first kappa shape index (κ1) is 13.1. The summed E-state index contributed by atoms with van der Waals surface area (Å²) in [5.74, 6) is 1.48. The Bertz CT molecular complexity index is 720. The highest BCUT2D eigenvalue weighted by Crippen LogP contribution is 2.30. The molecule has 3 heterocycles. The van der Waals surface area contributed by atoms with Crippen molar-refractivity contribution in [2.75, 3.05) is 5.32 Å². The zero-order chi connectivity index (χ0) is 14.1. The van der Waals surface area contributed by atoms with Crippen molar-refractivity contribution < 1.29 is 4.52 Å². The maximum Gasteiger partial charge on any atom is 0.263 e. The molecular formula is C14H16N4OS. The van der Waals surface area contributed by atoms with Gasteiger partial charge in [-0.25, -0.2) is 4.98 Å². The Hall–Kier alpha value is -1.95. The first-order valence-electron chi connectivity index (χ1n) is 6.59. The number of thiophene rings is 1. The number of anilines is 1. The van der Waals surface area contributed by atoms with E-state index in [1.165, 1.54) is 4.88 Å². The second-order valence-corrected chi connectivity index (χ2v) is 5.67. The fraction of sp³-hybridized carbons (Fsp3) is 0.357. The minimum Gasteiger partial charge on any atom is -0.362 e. The first-order valence-corrected chi connectivity index (χ1v) is 7.47. The van der Waals surface area contributed by atoms with Crippen LogP contribution in [0.25, 0.3) is 11.1 Å². The van der Waals surface area contributed by atoms with Crippen LogP contribution in [0.5, 0.6) is 0 Å². The van der Waals surface area contributed by atoms with Crippen molar-refractivity contribution in [1.82, 2.24) is 15.1 Å². The van der Waals surface area contributed by atoms with E-state index < -0.39 is 0 Å². The van der Waals surface area contributed by atoms with Crippen molar-refractivity contribution in [2.45, 2.75) is 33.2 Å². The fourth-order valence-corrected chi connectivity index (χ4v) is 3.09. The monoisotopic (exact) mass is 288 g/mol. The molecule has 0 aliphatic rings. The van der Waals surface area contributed by atoms with Crippen LogP contribution >= 0.6 is 11.3 Å². The van der Waals surface area contributed by atoms with E-state index in [9.17, 15) is 0 Å². The van der Waals surface area contributed by atoms with Gasteiger partial charge in [0.15, 0.2) is 0 Å². The molecule has 0 saturated carbocycles. The number of nitrogens with zero attached hydrogens (tertiary/aromatic N) is 3. The molecule has 1 N–H and O–H groups in total. The second-order valence-electron chi connectivity index (χ2n) is 4.69. The van der Waals surface area contributed by atoms with Crippen LogP contribution in [0.1, 0.15) is 35.8 Å². The van der Waals surface area contributed by atoms with E-state index in [0.29, 0.717) is 11.5 Å². The number of hydrogen-bond donors (Lipinski definition) is 1. The molecular weight excluding hydrogens is 272 g/mol. The summed E-state index contributed by atoms with van der Waals surface area (Å²) in [6.07, 6.45) is 0.982. The molecule has 3 aromatic heterocycles. The van der Waals surface area contributed by atoms with Gasteiger partial charge in [0.05, 0.1) is 11.7 Å². The molecule has 0 aliphatic carbocycles. The van der Waals surface area contributed by atoms with Crippen molar-refractivity contribution >= 4 is 28.3 Å². The second kappa shape index (κ2) is 5.20. The van der Waals surface area contributed by atoms with Crippen LogP contribution in [-0.4, -0.2) is 15.1 Å². The van der Waals surface area contributed by atoms with Crippen LogP contribution in [0.15, 0.2) is 22.0 Å². The molecule has 0 aliphatic heterocycles. The third-order valence-electron chi connectivity index (χ3n) is 3.22. The van der Waals surface area contributed by atoms with Gasteiger partial charge in [-0.05, 0) is 31.7 Å². The summed E-state index contributed by atoms with van der Waals surface area (Å²) in [6, 6.07) is 4.44. The number of hydrogen-bond acceptors (Lipinski definition) is 6. The lowest BCUT2D eigenvalue weighted by Gasteiger charge is -2.16. The topological polar surface area (TPSA) is 63.8 Å². The highest BCUT2D eigenvalue weighted by Gasteiger charge is 2.17. The molecule has 1 atom stereocenters. The van der Waals surface area contributed by atoms with E-state index in [2.05, 4.69) is 44.9 Å².